The van der Waals surface area contributed by atoms with Crippen LogP contribution in [0.3, 0.4) is 0 Å². The van der Waals surface area contributed by atoms with Gasteiger partial charge in [-0.3, -0.25) is 10.1 Å². The summed E-state index contributed by atoms with van der Waals surface area (Å²) in [6, 6.07) is 15.7. The predicted octanol–water partition coefficient (Wildman–Crippen LogP) is 2.91. The molecule has 0 atom stereocenters. The summed E-state index contributed by atoms with van der Waals surface area (Å²) >= 11 is 0. The Morgan fingerprint density at radius 3 is 1.94 bits per heavy atom. The van der Waals surface area contributed by atoms with Gasteiger partial charge >= 0.3 is 0 Å². The summed E-state index contributed by atoms with van der Waals surface area (Å²) in [6.07, 6.45) is 0. The van der Waals surface area contributed by atoms with E-state index in [9.17, 15) is 10.1 Å². The highest BCUT2D eigenvalue weighted by Gasteiger charge is 2.01. The minimum Gasteiger partial charge on any atom is -0.399 e. The van der Waals surface area contributed by atoms with E-state index in [4.69, 9.17) is 5.73 Å². The number of hydrogen-bond donors (Lipinski definition) is 2. The van der Waals surface area contributed by atoms with E-state index in [0.717, 1.165) is 11.4 Å². The van der Waals surface area contributed by atoms with Crippen LogP contribution in [-0.2, 0) is 0 Å². The van der Waals surface area contributed by atoms with Gasteiger partial charge in [-0.1, -0.05) is 18.2 Å². The van der Waals surface area contributed by atoms with Crippen molar-refractivity contribution >= 4 is 17.1 Å². The van der Waals surface area contributed by atoms with E-state index in [-0.39, 0.29) is 5.69 Å². The summed E-state index contributed by atoms with van der Waals surface area (Å²) in [4.78, 5) is 9.77. The van der Waals surface area contributed by atoms with Crippen molar-refractivity contribution in [3.05, 3.63) is 64.7 Å². The molecule has 2 rings (SSSR count). The number of nitrogens with one attached hydrogen (secondary N) is 1. The summed E-state index contributed by atoms with van der Waals surface area (Å²) in [5.74, 6) is 0. The molecule has 0 amide bonds. The maximum atomic E-state index is 10.2. The zero-order valence-electron chi connectivity index (χ0n) is 10.0. The Balaban J connectivity index is 0.000000199. The lowest BCUT2D eigenvalue weighted by molar-refractivity contribution is -0.384. The van der Waals surface area contributed by atoms with Crippen molar-refractivity contribution in [2.75, 3.05) is 18.1 Å². The third-order valence-electron chi connectivity index (χ3n) is 2.17. The highest BCUT2D eigenvalue weighted by atomic mass is 16.6. The molecule has 0 spiro atoms. The lowest BCUT2D eigenvalue weighted by Gasteiger charge is -1.96. The molecule has 0 bridgehead atoms. The fraction of sp³-hybridized carbons (Fsp3) is 0.0769. The number of nitrogens with zero attached hydrogens (tertiary/aromatic N) is 1. The Morgan fingerprint density at radius 1 is 1.06 bits per heavy atom. The van der Waals surface area contributed by atoms with Gasteiger partial charge in [-0.05, 0) is 24.3 Å². The molecule has 0 aromatic heterocycles. The zero-order valence-corrected chi connectivity index (χ0v) is 10.0. The number of nitrogens with two attached hydrogens (primary N) is 1. The molecule has 3 N–H and O–H groups in total. The van der Waals surface area contributed by atoms with Crippen molar-refractivity contribution in [3.8, 4) is 0 Å². The second-order valence-electron chi connectivity index (χ2n) is 3.46. The number of nitro benzene ring substituents is 1. The molecule has 0 aliphatic carbocycles. The van der Waals surface area contributed by atoms with Crippen LogP contribution in [0.5, 0.6) is 0 Å². The Morgan fingerprint density at radius 2 is 1.61 bits per heavy atom. The van der Waals surface area contributed by atoms with Crippen LogP contribution in [-0.4, -0.2) is 12.0 Å². The van der Waals surface area contributed by atoms with Gasteiger partial charge in [-0.25, -0.2) is 0 Å². The largest absolute Gasteiger partial charge is 0.399 e. The van der Waals surface area contributed by atoms with E-state index in [1.165, 1.54) is 12.1 Å². The monoisotopic (exact) mass is 245 g/mol. The number of rotatable bonds is 2. The molecule has 2 aromatic rings. The highest BCUT2D eigenvalue weighted by Crippen LogP contribution is 2.14. The van der Waals surface area contributed by atoms with Gasteiger partial charge in [0.05, 0.1) is 4.92 Å². The number of anilines is 2. The predicted molar refractivity (Wildman–Crippen MR) is 73.5 cm³/mol. The van der Waals surface area contributed by atoms with Crippen LogP contribution in [0.1, 0.15) is 0 Å². The second kappa shape index (κ2) is 6.90. The zero-order chi connectivity index (χ0) is 13.4. The van der Waals surface area contributed by atoms with Crippen LogP contribution in [0.2, 0.25) is 0 Å². The molecule has 0 aliphatic rings. The van der Waals surface area contributed by atoms with Gasteiger partial charge in [0.2, 0.25) is 0 Å². The SMILES string of the molecule is CNc1ccc([N+](=O)[O-])cc1.Nc1ccccc1. The van der Waals surface area contributed by atoms with Crippen LogP contribution in [0.4, 0.5) is 17.1 Å². The van der Waals surface area contributed by atoms with Gasteiger partial charge in [-0.15, -0.1) is 0 Å². The summed E-state index contributed by atoms with van der Waals surface area (Å²) in [5, 5.41) is 13.1. The van der Waals surface area contributed by atoms with Gasteiger partial charge in [0.15, 0.2) is 0 Å². The van der Waals surface area contributed by atoms with E-state index < -0.39 is 4.92 Å². The third kappa shape index (κ3) is 4.52. The molecule has 5 heteroatoms. The molecule has 0 heterocycles. The first-order chi connectivity index (χ1) is 8.63. The summed E-state index contributed by atoms with van der Waals surface area (Å²) in [6.45, 7) is 0. The molecular formula is C13H15N3O2. The molecule has 2 aromatic carbocycles. The number of para-hydroxylation sites is 1. The van der Waals surface area contributed by atoms with Gasteiger partial charge in [0.1, 0.15) is 0 Å². The Bertz CT molecular complexity index is 483. The van der Waals surface area contributed by atoms with Crippen LogP contribution < -0.4 is 11.1 Å². The number of hydrogen-bond acceptors (Lipinski definition) is 4. The standard InChI is InChI=1S/C7H8N2O2.C6H7N/c1-8-6-2-4-7(5-3-6)9(10)11;7-6-4-2-1-3-5-6/h2-5,8H,1H3;1-5H,7H2. The van der Waals surface area contributed by atoms with Crippen molar-refractivity contribution in [1.29, 1.82) is 0 Å². The van der Waals surface area contributed by atoms with Crippen molar-refractivity contribution in [2.45, 2.75) is 0 Å². The van der Waals surface area contributed by atoms with Crippen LogP contribution in [0.25, 0.3) is 0 Å². The topological polar surface area (TPSA) is 81.2 Å². The summed E-state index contributed by atoms with van der Waals surface area (Å²) in [7, 11) is 1.77. The molecule has 94 valence electrons. The maximum absolute atomic E-state index is 10.2. The van der Waals surface area contributed by atoms with Crippen LogP contribution in [0, 0.1) is 10.1 Å². The molecule has 0 saturated heterocycles. The molecule has 0 radical (unpaired) electrons. The minimum absolute atomic E-state index is 0.115. The third-order valence-corrected chi connectivity index (χ3v) is 2.17. The molecule has 0 unspecified atom stereocenters. The Labute approximate surface area is 105 Å². The van der Waals surface area contributed by atoms with Crippen molar-refractivity contribution < 1.29 is 4.92 Å². The molecular weight excluding hydrogens is 230 g/mol. The van der Waals surface area contributed by atoms with E-state index >= 15 is 0 Å². The van der Waals surface area contributed by atoms with Gasteiger partial charge in [0, 0.05) is 30.6 Å². The van der Waals surface area contributed by atoms with Gasteiger partial charge < -0.3 is 11.1 Å². The van der Waals surface area contributed by atoms with Crippen LogP contribution in [0.15, 0.2) is 54.6 Å². The highest BCUT2D eigenvalue weighted by molar-refractivity contribution is 5.47. The smallest absolute Gasteiger partial charge is 0.269 e. The first-order valence-corrected chi connectivity index (χ1v) is 5.36. The first kappa shape index (κ1) is 13.5. The second-order valence-corrected chi connectivity index (χ2v) is 3.46. The van der Waals surface area contributed by atoms with Crippen molar-refractivity contribution in [1.82, 2.24) is 0 Å². The van der Waals surface area contributed by atoms with E-state index in [2.05, 4.69) is 5.32 Å². The number of nitrogen functional groups attached to an aromatic ring is 1. The summed E-state index contributed by atoms with van der Waals surface area (Å²) in [5.41, 5.74) is 7.17. The van der Waals surface area contributed by atoms with E-state index in [1.54, 1.807) is 19.2 Å². The Hall–Kier alpha value is -2.56. The molecule has 18 heavy (non-hydrogen) atoms. The minimum atomic E-state index is -0.417. The van der Waals surface area contributed by atoms with Crippen LogP contribution >= 0.6 is 0 Å². The fourth-order valence-corrected chi connectivity index (χ4v) is 1.20. The molecule has 5 nitrogen and oxygen atoms in total. The summed E-state index contributed by atoms with van der Waals surface area (Å²) < 4.78 is 0. The lowest BCUT2D eigenvalue weighted by atomic mass is 10.3. The normalized spacial score (nSPS) is 8.94. The van der Waals surface area contributed by atoms with Gasteiger partial charge in [0.25, 0.3) is 5.69 Å². The van der Waals surface area contributed by atoms with Crippen molar-refractivity contribution in [3.63, 3.8) is 0 Å². The van der Waals surface area contributed by atoms with E-state index in [1.807, 2.05) is 30.3 Å². The average Bonchev–Trinajstić information content (AvgIpc) is 2.40. The quantitative estimate of drug-likeness (QED) is 0.484. The first-order valence-electron chi connectivity index (χ1n) is 5.36. The number of benzene rings is 2. The Kier molecular flexibility index (Phi) is 5.18. The maximum Gasteiger partial charge on any atom is 0.269 e. The molecule has 0 saturated carbocycles. The number of nitro groups is 1. The van der Waals surface area contributed by atoms with Crippen molar-refractivity contribution in [2.24, 2.45) is 0 Å². The van der Waals surface area contributed by atoms with Gasteiger partial charge in [-0.2, -0.15) is 0 Å². The molecule has 0 aliphatic heterocycles. The van der Waals surface area contributed by atoms with E-state index in [0.29, 0.717) is 0 Å². The lowest BCUT2D eigenvalue weighted by Crippen LogP contribution is -1.89. The average molecular weight is 245 g/mol. The fourth-order valence-electron chi connectivity index (χ4n) is 1.20. The number of non-ortho nitro benzene ring substituents is 1. The molecule has 0 fully saturated rings.